The molecule has 6 nitrogen and oxygen atoms in total. The summed E-state index contributed by atoms with van der Waals surface area (Å²) in [4.78, 5) is 12.2. The Balaban J connectivity index is 1.56. The number of hydrazine groups is 2. The lowest BCUT2D eigenvalue weighted by Crippen LogP contribution is -2.41. The molecule has 0 aliphatic carbocycles. The number of anilines is 1. The molecule has 0 atom stereocenters. The van der Waals surface area contributed by atoms with Crippen LogP contribution in [0.3, 0.4) is 0 Å². The maximum Gasteiger partial charge on any atom is 0.306 e. The van der Waals surface area contributed by atoms with Crippen molar-refractivity contribution >= 4 is 20.0 Å². The molecule has 1 aliphatic rings. The normalized spacial score (nSPS) is 14.2. The molecule has 7 heteroatoms. The highest BCUT2D eigenvalue weighted by Crippen LogP contribution is 2.37. The van der Waals surface area contributed by atoms with Gasteiger partial charge in [0.25, 0.3) is 0 Å². The fraction of sp³-hybridized carbons (Fsp3) is 0.500. The van der Waals surface area contributed by atoms with Gasteiger partial charge in [0, 0.05) is 19.2 Å². The summed E-state index contributed by atoms with van der Waals surface area (Å²) >= 11 is 0. The number of rotatable bonds is 12. The Morgan fingerprint density at radius 2 is 1.76 bits per heavy atom. The molecule has 0 amide bonds. The molecule has 1 N–H and O–H groups in total. The number of carbonyl (C=O) groups is 1. The molecule has 0 bridgehead atoms. The summed E-state index contributed by atoms with van der Waals surface area (Å²) in [6.45, 7) is 17.5. The predicted molar refractivity (Wildman–Crippen MR) is 154 cm³/mol. The van der Waals surface area contributed by atoms with E-state index >= 15 is 0 Å². The van der Waals surface area contributed by atoms with Gasteiger partial charge in [-0.25, -0.2) is 0 Å². The maximum atomic E-state index is 12.2. The van der Waals surface area contributed by atoms with Crippen molar-refractivity contribution in [2.75, 3.05) is 11.6 Å². The molecule has 1 heterocycles. The van der Waals surface area contributed by atoms with E-state index in [4.69, 9.17) is 9.16 Å². The molecule has 0 spiro atoms. The van der Waals surface area contributed by atoms with E-state index in [1.807, 2.05) is 30.3 Å². The number of benzene rings is 2. The highest BCUT2D eigenvalue weighted by Gasteiger charge is 2.37. The van der Waals surface area contributed by atoms with Crippen molar-refractivity contribution in [3.05, 3.63) is 77.1 Å². The molecule has 2 aromatic rings. The first-order chi connectivity index (χ1) is 17.5. The zero-order chi connectivity index (χ0) is 27.1. The molecule has 3 rings (SSSR count). The first kappa shape index (κ1) is 29.0. The van der Waals surface area contributed by atoms with Crippen LogP contribution in [0.5, 0.6) is 0 Å². The van der Waals surface area contributed by atoms with E-state index in [-0.39, 0.29) is 11.0 Å². The Labute approximate surface area is 224 Å². The average molecular weight is 524 g/mol. The summed E-state index contributed by atoms with van der Waals surface area (Å²) in [6.07, 6.45) is 5.18. The van der Waals surface area contributed by atoms with Crippen molar-refractivity contribution in [3.63, 3.8) is 0 Å². The van der Waals surface area contributed by atoms with Gasteiger partial charge in [0.2, 0.25) is 0 Å². The standard InChI is InChI=1S/C30H45N3O3Si/c1-8-32-21-28(16-12-13-17-29(34)35-22-25-14-10-9-11-15-25)33(31-32)27-19-18-24(2)26(20-27)23-36-37(6,7)30(3,4)5/h9-11,14-15,18-21,31H,8,12-13,16-17,22-23H2,1-7H3. The summed E-state index contributed by atoms with van der Waals surface area (Å²) < 4.78 is 12.0. The van der Waals surface area contributed by atoms with Crippen molar-refractivity contribution in [2.45, 2.75) is 91.6 Å². The molecule has 37 heavy (non-hydrogen) atoms. The zero-order valence-corrected chi connectivity index (χ0v) is 24.8. The van der Waals surface area contributed by atoms with E-state index in [9.17, 15) is 4.79 Å². The first-order valence-electron chi connectivity index (χ1n) is 13.5. The van der Waals surface area contributed by atoms with Crippen LogP contribution in [0.1, 0.15) is 70.1 Å². The lowest BCUT2D eigenvalue weighted by atomic mass is 10.1. The van der Waals surface area contributed by atoms with Crippen LogP contribution in [0.2, 0.25) is 18.1 Å². The van der Waals surface area contributed by atoms with Crippen LogP contribution in [0, 0.1) is 6.92 Å². The quantitative estimate of drug-likeness (QED) is 0.180. The van der Waals surface area contributed by atoms with Gasteiger partial charge in [-0.15, -0.1) is 5.53 Å². The Morgan fingerprint density at radius 1 is 1.03 bits per heavy atom. The smallest absolute Gasteiger partial charge is 0.306 e. The number of hydrogen-bond acceptors (Lipinski definition) is 6. The number of ether oxygens (including phenoxy) is 1. The summed E-state index contributed by atoms with van der Waals surface area (Å²) in [6, 6.07) is 16.4. The third-order valence-electron chi connectivity index (χ3n) is 7.45. The number of hydrogen-bond donors (Lipinski definition) is 1. The van der Waals surface area contributed by atoms with Gasteiger partial charge in [-0.05, 0) is 80.1 Å². The maximum absolute atomic E-state index is 12.2. The van der Waals surface area contributed by atoms with Crippen LogP contribution in [0.4, 0.5) is 5.69 Å². The largest absolute Gasteiger partial charge is 0.461 e. The molecule has 0 aromatic heterocycles. The number of unbranched alkanes of at least 4 members (excludes halogenated alkanes) is 1. The van der Waals surface area contributed by atoms with Crippen LogP contribution in [-0.2, 0) is 27.2 Å². The highest BCUT2D eigenvalue weighted by atomic mass is 28.4. The van der Waals surface area contributed by atoms with Crippen molar-refractivity contribution in [2.24, 2.45) is 0 Å². The van der Waals surface area contributed by atoms with E-state index in [1.54, 1.807) is 0 Å². The molecule has 0 radical (unpaired) electrons. The van der Waals surface area contributed by atoms with Crippen molar-refractivity contribution in [3.8, 4) is 0 Å². The number of nitrogens with one attached hydrogen (secondary N) is 1. The van der Waals surface area contributed by atoms with E-state index < -0.39 is 8.32 Å². The van der Waals surface area contributed by atoms with Gasteiger partial charge >= 0.3 is 5.97 Å². The fourth-order valence-electron chi connectivity index (χ4n) is 3.83. The molecule has 0 saturated heterocycles. The lowest BCUT2D eigenvalue weighted by Gasteiger charge is -2.36. The zero-order valence-electron chi connectivity index (χ0n) is 23.8. The van der Waals surface area contributed by atoms with Gasteiger partial charge in [-0.1, -0.05) is 57.2 Å². The third-order valence-corrected chi connectivity index (χ3v) is 11.9. The van der Waals surface area contributed by atoms with Crippen LogP contribution in [-0.4, -0.2) is 25.8 Å². The number of aryl methyl sites for hydroxylation is 1. The van der Waals surface area contributed by atoms with Crippen molar-refractivity contribution in [1.29, 1.82) is 0 Å². The van der Waals surface area contributed by atoms with Gasteiger partial charge in [0.05, 0.1) is 18.0 Å². The lowest BCUT2D eigenvalue weighted by molar-refractivity contribution is -0.145. The second-order valence-electron chi connectivity index (χ2n) is 11.4. The molecule has 202 valence electrons. The summed E-state index contributed by atoms with van der Waals surface area (Å²) in [5.41, 5.74) is 9.26. The van der Waals surface area contributed by atoms with Crippen molar-refractivity contribution < 1.29 is 14.0 Å². The fourth-order valence-corrected chi connectivity index (χ4v) is 4.78. The van der Waals surface area contributed by atoms with E-state index in [0.717, 1.165) is 37.1 Å². The summed E-state index contributed by atoms with van der Waals surface area (Å²) in [5.74, 6) is -0.140. The van der Waals surface area contributed by atoms with Gasteiger partial charge in [-0.3, -0.25) is 14.8 Å². The van der Waals surface area contributed by atoms with E-state index in [1.165, 1.54) is 16.8 Å². The molecule has 2 aromatic carbocycles. The minimum absolute atomic E-state index is 0.140. The minimum atomic E-state index is -1.83. The van der Waals surface area contributed by atoms with Crippen LogP contribution in [0.25, 0.3) is 0 Å². The average Bonchev–Trinajstić information content (AvgIpc) is 3.28. The van der Waals surface area contributed by atoms with Crippen LogP contribution < -0.4 is 10.5 Å². The summed E-state index contributed by atoms with van der Waals surface area (Å²) in [7, 11) is -1.83. The summed E-state index contributed by atoms with van der Waals surface area (Å²) in [5, 5.41) is 4.43. The van der Waals surface area contributed by atoms with E-state index in [0.29, 0.717) is 19.6 Å². The first-order valence-corrected chi connectivity index (χ1v) is 16.4. The SMILES string of the molecule is CCN1C=C(CCCCC(=O)OCc2ccccc2)N(c2ccc(C)c(CO[Si](C)(C)C(C)(C)C)c2)N1. The van der Waals surface area contributed by atoms with E-state index in [2.05, 4.69) is 87.7 Å². The van der Waals surface area contributed by atoms with Crippen LogP contribution >= 0.6 is 0 Å². The molecular formula is C30H45N3O3Si. The monoisotopic (exact) mass is 523 g/mol. The number of allylic oxidation sites excluding steroid dienone is 1. The second kappa shape index (κ2) is 12.8. The highest BCUT2D eigenvalue weighted by molar-refractivity contribution is 6.74. The van der Waals surface area contributed by atoms with Gasteiger partial charge in [0.15, 0.2) is 8.32 Å². The molecule has 0 fully saturated rings. The van der Waals surface area contributed by atoms with Gasteiger partial charge in [0.1, 0.15) is 6.61 Å². The van der Waals surface area contributed by atoms with Crippen molar-refractivity contribution in [1.82, 2.24) is 10.5 Å². The number of esters is 1. The van der Waals surface area contributed by atoms with Gasteiger partial charge in [-0.2, -0.15) is 0 Å². The minimum Gasteiger partial charge on any atom is -0.461 e. The third kappa shape index (κ3) is 8.19. The van der Waals surface area contributed by atoms with Gasteiger partial charge < -0.3 is 9.16 Å². The van der Waals surface area contributed by atoms with Crippen LogP contribution in [0.15, 0.2) is 60.4 Å². The molecule has 0 unspecified atom stereocenters. The Kier molecular flexibility index (Phi) is 9.98. The Bertz CT molecular complexity index is 1060. The predicted octanol–water partition coefficient (Wildman–Crippen LogP) is 7.22. The molecule has 0 saturated carbocycles. The Hall–Kier alpha value is -2.61. The Morgan fingerprint density at radius 3 is 2.43 bits per heavy atom. The molecule has 1 aliphatic heterocycles. The topological polar surface area (TPSA) is 54.0 Å². The second-order valence-corrected chi connectivity index (χ2v) is 16.2. The number of nitrogens with zero attached hydrogens (tertiary/aromatic N) is 2. The molecular weight excluding hydrogens is 478 g/mol. The number of carbonyl (C=O) groups excluding carboxylic acids is 1.